The van der Waals surface area contributed by atoms with Gasteiger partial charge >= 0.3 is 6.18 Å². The third-order valence-electron chi connectivity index (χ3n) is 5.32. The molecule has 34 heavy (non-hydrogen) atoms. The molecule has 1 aliphatic heterocycles. The number of hydrogen-bond acceptors (Lipinski definition) is 4. The van der Waals surface area contributed by atoms with E-state index in [1.807, 2.05) is 12.1 Å². The Kier molecular flexibility index (Phi) is 6.52. The number of carbonyl (C=O) groups excluding carboxylic acids is 1. The van der Waals surface area contributed by atoms with Crippen LogP contribution in [0.15, 0.2) is 77.7 Å². The van der Waals surface area contributed by atoms with Crippen molar-refractivity contribution in [3.8, 4) is 5.75 Å². The van der Waals surface area contributed by atoms with E-state index in [1.54, 1.807) is 12.1 Å². The van der Waals surface area contributed by atoms with Gasteiger partial charge in [0.25, 0.3) is 15.9 Å². The van der Waals surface area contributed by atoms with Crippen molar-refractivity contribution in [2.75, 3.05) is 22.8 Å². The molecule has 4 rings (SSSR count). The summed E-state index contributed by atoms with van der Waals surface area (Å²) in [5.41, 5.74) is 0.760. The van der Waals surface area contributed by atoms with Crippen LogP contribution < -0.4 is 14.4 Å². The van der Waals surface area contributed by atoms with Gasteiger partial charge in [-0.15, -0.1) is 0 Å². The lowest BCUT2D eigenvalue weighted by atomic mass is 10.0. The first-order chi connectivity index (χ1) is 16.1. The van der Waals surface area contributed by atoms with E-state index in [9.17, 15) is 26.4 Å². The maximum Gasteiger partial charge on any atom is 0.416 e. The average molecular weight is 491 g/mol. The maximum absolute atomic E-state index is 13.2. The molecule has 0 aliphatic carbocycles. The van der Waals surface area contributed by atoms with Gasteiger partial charge in [0.05, 0.1) is 16.1 Å². The number of halogens is 3. The van der Waals surface area contributed by atoms with Crippen molar-refractivity contribution in [2.45, 2.75) is 23.9 Å². The molecule has 0 saturated carbocycles. The summed E-state index contributed by atoms with van der Waals surface area (Å²) in [4.78, 5) is 12.2. The molecule has 0 bridgehead atoms. The van der Waals surface area contributed by atoms with Crippen LogP contribution in [-0.2, 0) is 27.4 Å². The lowest BCUT2D eigenvalue weighted by Gasteiger charge is -2.30. The molecule has 0 radical (unpaired) electrons. The first-order valence-electron chi connectivity index (χ1n) is 10.5. The molecule has 1 heterocycles. The van der Waals surface area contributed by atoms with E-state index in [0.717, 1.165) is 30.5 Å². The van der Waals surface area contributed by atoms with Gasteiger partial charge in [-0.1, -0.05) is 24.3 Å². The number of ether oxygens (including phenoxy) is 1. The number of aryl methyl sites for hydroxylation is 1. The summed E-state index contributed by atoms with van der Waals surface area (Å²) >= 11 is 0. The number of sulfonamides is 1. The van der Waals surface area contributed by atoms with Gasteiger partial charge in [-0.25, -0.2) is 8.42 Å². The normalized spacial score (nSPS) is 13.8. The molecular formula is C24H21F3N2O4S. The molecule has 0 aromatic heterocycles. The molecule has 178 valence electrons. The number of carbonyl (C=O) groups is 1. The Labute approximate surface area is 195 Å². The van der Waals surface area contributed by atoms with Crippen LogP contribution in [0.25, 0.3) is 0 Å². The quantitative estimate of drug-likeness (QED) is 0.535. The number of fused-ring (bicyclic) bond motifs is 1. The zero-order valence-corrected chi connectivity index (χ0v) is 18.7. The molecule has 10 heteroatoms. The molecule has 0 saturated heterocycles. The summed E-state index contributed by atoms with van der Waals surface area (Å²) in [7, 11) is -3.77. The van der Waals surface area contributed by atoms with E-state index in [4.69, 9.17) is 4.74 Å². The van der Waals surface area contributed by atoms with E-state index in [2.05, 4.69) is 5.32 Å². The van der Waals surface area contributed by atoms with Crippen LogP contribution in [0.4, 0.5) is 24.5 Å². The van der Waals surface area contributed by atoms with Crippen LogP contribution in [0.1, 0.15) is 17.5 Å². The van der Waals surface area contributed by atoms with E-state index in [0.29, 0.717) is 12.2 Å². The van der Waals surface area contributed by atoms with Crippen LogP contribution >= 0.6 is 0 Å². The molecule has 0 atom stereocenters. The topological polar surface area (TPSA) is 75.7 Å². The minimum Gasteiger partial charge on any atom is -0.484 e. The monoisotopic (exact) mass is 490 g/mol. The van der Waals surface area contributed by atoms with E-state index in [-0.39, 0.29) is 16.3 Å². The van der Waals surface area contributed by atoms with Gasteiger partial charge in [0.1, 0.15) is 5.75 Å². The van der Waals surface area contributed by atoms with E-state index in [1.165, 1.54) is 40.7 Å². The third-order valence-corrected chi connectivity index (χ3v) is 7.15. The second kappa shape index (κ2) is 9.38. The van der Waals surface area contributed by atoms with Crippen molar-refractivity contribution >= 4 is 27.3 Å². The Balaban J connectivity index is 1.39. The highest BCUT2D eigenvalue weighted by molar-refractivity contribution is 7.92. The van der Waals surface area contributed by atoms with Crippen molar-refractivity contribution in [3.63, 3.8) is 0 Å². The number of para-hydroxylation sites is 1. The van der Waals surface area contributed by atoms with Crippen molar-refractivity contribution in [1.29, 1.82) is 0 Å². The van der Waals surface area contributed by atoms with Crippen LogP contribution in [0, 0.1) is 0 Å². The van der Waals surface area contributed by atoms with Crippen molar-refractivity contribution in [3.05, 3.63) is 83.9 Å². The lowest BCUT2D eigenvalue weighted by molar-refractivity contribution is -0.137. The second-order valence-corrected chi connectivity index (χ2v) is 9.56. The number of hydrogen-bond donors (Lipinski definition) is 1. The van der Waals surface area contributed by atoms with E-state index < -0.39 is 34.3 Å². The number of anilines is 2. The Hall–Kier alpha value is -3.53. The number of nitrogens with one attached hydrogen (secondary N) is 1. The van der Waals surface area contributed by atoms with Crippen molar-refractivity contribution in [2.24, 2.45) is 0 Å². The number of nitrogens with zero attached hydrogens (tertiary/aromatic N) is 1. The third kappa shape index (κ3) is 5.17. The Morgan fingerprint density at radius 3 is 2.47 bits per heavy atom. The average Bonchev–Trinajstić information content (AvgIpc) is 2.82. The van der Waals surface area contributed by atoms with Gasteiger partial charge in [0, 0.05) is 12.2 Å². The van der Waals surface area contributed by atoms with Crippen molar-refractivity contribution < 1.29 is 31.1 Å². The van der Waals surface area contributed by atoms with Crippen LogP contribution in [-0.4, -0.2) is 27.5 Å². The first-order valence-corrected chi connectivity index (χ1v) is 11.9. The predicted molar refractivity (Wildman–Crippen MR) is 121 cm³/mol. The van der Waals surface area contributed by atoms with Crippen molar-refractivity contribution in [1.82, 2.24) is 0 Å². The van der Waals surface area contributed by atoms with Crippen LogP contribution in [0.2, 0.25) is 0 Å². The largest absolute Gasteiger partial charge is 0.484 e. The van der Waals surface area contributed by atoms with Gasteiger partial charge < -0.3 is 10.1 Å². The fraction of sp³-hybridized carbons (Fsp3) is 0.208. The van der Waals surface area contributed by atoms with Crippen LogP contribution in [0.3, 0.4) is 0 Å². The first kappa shape index (κ1) is 23.6. The Bertz CT molecular complexity index is 1290. The van der Waals surface area contributed by atoms with E-state index >= 15 is 0 Å². The molecular weight excluding hydrogens is 469 g/mol. The summed E-state index contributed by atoms with van der Waals surface area (Å²) in [5.74, 6) is -0.405. The highest BCUT2D eigenvalue weighted by Crippen LogP contribution is 2.32. The fourth-order valence-corrected chi connectivity index (χ4v) is 5.24. The highest BCUT2D eigenvalue weighted by Gasteiger charge is 2.31. The van der Waals surface area contributed by atoms with Gasteiger partial charge in [0.2, 0.25) is 0 Å². The summed E-state index contributed by atoms with van der Waals surface area (Å²) in [6, 6.07) is 17.3. The highest BCUT2D eigenvalue weighted by atomic mass is 32.2. The SMILES string of the molecule is O=C(COc1ccc(S(=O)(=O)N2CCCc3ccccc32)cc1)Nc1cccc(C(F)(F)F)c1. The fourth-order valence-electron chi connectivity index (χ4n) is 3.70. The zero-order valence-electron chi connectivity index (χ0n) is 17.9. The summed E-state index contributed by atoms with van der Waals surface area (Å²) in [6.45, 7) is -0.0743. The van der Waals surface area contributed by atoms with Crippen LogP contribution in [0.5, 0.6) is 5.75 Å². The molecule has 1 amide bonds. The maximum atomic E-state index is 13.2. The standard InChI is InChI=1S/C24H21F3N2O4S/c25-24(26,27)18-7-3-8-19(15-18)28-23(30)16-33-20-10-12-21(13-11-20)34(31,32)29-14-4-6-17-5-1-2-9-22(17)29/h1-3,5,7-13,15H,4,6,14,16H2,(H,28,30). The molecule has 0 fully saturated rings. The summed E-state index contributed by atoms with van der Waals surface area (Å²) in [5, 5.41) is 2.35. The predicted octanol–water partition coefficient (Wildman–Crippen LogP) is 4.86. The molecule has 1 N–H and O–H groups in total. The Morgan fingerprint density at radius 1 is 1.00 bits per heavy atom. The minimum atomic E-state index is -4.52. The molecule has 6 nitrogen and oxygen atoms in total. The smallest absolute Gasteiger partial charge is 0.416 e. The number of alkyl halides is 3. The molecule has 3 aromatic carbocycles. The number of benzene rings is 3. The van der Waals surface area contributed by atoms with Gasteiger partial charge in [-0.05, 0) is 66.9 Å². The Morgan fingerprint density at radius 2 is 1.74 bits per heavy atom. The molecule has 0 spiro atoms. The summed E-state index contributed by atoms with van der Waals surface area (Å²) in [6.07, 6.45) is -2.98. The van der Waals surface area contributed by atoms with Gasteiger partial charge in [0.15, 0.2) is 6.61 Å². The zero-order chi connectivity index (χ0) is 24.3. The molecule has 3 aromatic rings. The summed E-state index contributed by atoms with van der Waals surface area (Å²) < 4.78 is 71.5. The second-order valence-electron chi connectivity index (χ2n) is 7.70. The molecule has 1 aliphatic rings. The van der Waals surface area contributed by atoms with Gasteiger partial charge in [-0.3, -0.25) is 9.10 Å². The number of amides is 1. The molecule has 0 unspecified atom stereocenters. The lowest BCUT2D eigenvalue weighted by Crippen LogP contribution is -2.35. The number of rotatable bonds is 6. The van der Waals surface area contributed by atoms with Gasteiger partial charge in [-0.2, -0.15) is 13.2 Å². The minimum absolute atomic E-state index is 0.00770.